The Labute approximate surface area is 90.5 Å². The number of nitrogens with one attached hydrogen (secondary N) is 2. The van der Waals surface area contributed by atoms with Crippen LogP contribution in [0.15, 0.2) is 0 Å². The molecule has 14 heavy (non-hydrogen) atoms. The van der Waals surface area contributed by atoms with E-state index in [2.05, 4.69) is 0 Å². The van der Waals surface area contributed by atoms with Crippen LogP contribution in [0.4, 0.5) is 0 Å². The highest BCUT2D eigenvalue weighted by Crippen LogP contribution is 2.02. The van der Waals surface area contributed by atoms with Crippen LogP contribution in [0, 0.1) is 16.7 Å². The van der Waals surface area contributed by atoms with Crippen molar-refractivity contribution in [2.24, 2.45) is 5.92 Å². The smallest absolute Gasteiger partial charge is 0.307 e. The number of halogens is 1. The molecule has 0 aromatic heterocycles. The highest BCUT2D eigenvalue weighted by Gasteiger charge is 2.14. The van der Waals surface area contributed by atoms with Gasteiger partial charge < -0.3 is 10.0 Å². The van der Waals surface area contributed by atoms with Gasteiger partial charge in [-0.25, -0.2) is 10.8 Å². The first-order valence-electron chi connectivity index (χ1n) is 3.95. The Hall–Kier alpha value is -0.900. The summed E-state index contributed by atoms with van der Waals surface area (Å²) in [7, 11) is 3.76. The van der Waals surface area contributed by atoms with Crippen molar-refractivity contribution in [2.45, 2.75) is 13.3 Å². The topological polar surface area (TPSA) is 88.2 Å². The van der Waals surface area contributed by atoms with Crippen molar-refractivity contribution in [1.29, 1.82) is 10.8 Å². The average molecular weight is 224 g/mol. The van der Waals surface area contributed by atoms with Gasteiger partial charge in [-0.05, 0) is 20.5 Å². The summed E-state index contributed by atoms with van der Waals surface area (Å²) in [6, 6.07) is 1.25. The van der Waals surface area contributed by atoms with E-state index in [9.17, 15) is 4.79 Å². The summed E-state index contributed by atoms with van der Waals surface area (Å²) in [5.74, 6) is -0.911. The Morgan fingerprint density at radius 1 is 1.50 bits per heavy atom. The molecule has 0 saturated heterocycles. The molecular formula is C8H18ClN3O2. The van der Waals surface area contributed by atoms with Gasteiger partial charge in [-0.3, -0.25) is 4.79 Å². The summed E-state index contributed by atoms with van der Waals surface area (Å²) in [6.45, 7) is 2.52. The van der Waals surface area contributed by atoms with Crippen molar-refractivity contribution in [3.05, 3.63) is 0 Å². The fraction of sp³-hybridized carbons (Fsp3) is 0.750. The molecule has 0 aromatic carbocycles. The van der Waals surface area contributed by atoms with E-state index in [1.165, 1.54) is 6.01 Å². The summed E-state index contributed by atoms with van der Waals surface area (Å²) in [6.07, 6.45) is 0.702. The molecule has 0 saturated carbocycles. The van der Waals surface area contributed by atoms with Crippen molar-refractivity contribution < 1.29 is 9.90 Å². The third kappa shape index (κ3) is 13.7. The van der Waals surface area contributed by atoms with Crippen LogP contribution in [-0.2, 0) is 4.79 Å². The number of aliphatic carboxylic acids is 1. The Bertz CT molecular complexity index is 179. The number of hydrogen-bond acceptors (Lipinski definition) is 4. The van der Waals surface area contributed by atoms with E-state index in [-0.39, 0.29) is 18.3 Å². The maximum absolute atomic E-state index is 10.4. The molecule has 0 amide bonds. The normalized spacial score (nSPS) is 10.3. The van der Waals surface area contributed by atoms with Crippen molar-refractivity contribution in [2.75, 3.05) is 20.6 Å². The predicted octanol–water partition coefficient (Wildman–Crippen LogP) is 1.40. The molecule has 1 atom stereocenters. The molecular weight excluding hydrogens is 206 g/mol. The molecule has 0 aliphatic rings. The van der Waals surface area contributed by atoms with E-state index in [0.29, 0.717) is 13.0 Å². The summed E-state index contributed by atoms with van der Waals surface area (Å²) in [5, 5.41) is 19.8. The summed E-state index contributed by atoms with van der Waals surface area (Å²) >= 11 is 0. The molecule has 0 aromatic rings. The second-order valence-electron chi connectivity index (χ2n) is 2.83. The molecule has 0 spiro atoms. The van der Waals surface area contributed by atoms with E-state index in [1.807, 2.05) is 25.9 Å². The molecule has 84 valence electrons. The fourth-order valence-electron chi connectivity index (χ4n) is 0.823. The van der Waals surface area contributed by atoms with E-state index in [4.69, 9.17) is 15.9 Å². The minimum absolute atomic E-state index is 0. The van der Waals surface area contributed by atoms with Gasteiger partial charge in [0.15, 0.2) is 0 Å². The van der Waals surface area contributed by atoms with Crippen LogP contribution in [0.1, 0.15) is 13.3 Å². The number of carboxylic acids is 1. The van der Waals surface area contributed by atoms with Gasteiger partial charge in [0.25, 0.3) is 0 Å². The molecule has 0 radical (unpaired) electrons. The standard InChI is InChI=1S/C7H15NO2.CH2N2.ClH/c1-4-6(7(9)10)5-8(2)3;2-1-3;/h6H,4-5H2,1-3H3,(H,9,10);2-3H;1H. The van der Waals surface area contributed by atoms with Crippen molar-refractivity contribution in [3.8, 4) is 0 Å². The zero-order valence-electron chi connectivity index (χ0n) is 8.70. The lowest BCUT2D eigenvalue weighted by Gasteiger charge is -2.14. The van der Waals surface area contributed by atoms with Crippen LogP contribution in [0.5, 0.6) is 0 Å². The highest BCUT2D eigenvalue weighted by molar-refractivity contribution is 5.85. The van der Waals surface area contributed by atoms with Gasteiger partial charge in [0.05, 0.1) is 11.9 Å². The second kappa shape index (κ2) is 12.1. The van der Waals surface area contributed by atoms with Gasteiger partial charge in [-0.2, -0.15) is 0 Å². The number of carbonyl (C=O) groups is 1. The minimum atomic E-state index is -0.698. The largest absolute Gasteiger partial charge is 0.481 e. The van der Waals surface area contributed by atoms with Crippen LogP contribution in [0.2, 0.25) is 0 Å². The molecule has 1 unspecified atom stereocenters. The first kappa shape index (κ1) is 18.8. The van der Waals surface area contributed by atoms with Crippen LogP contribution >= 0.6 is 12.4 Å². The third-order valence-electron chi connectivity index (χ3n) is 1.43. The van der Waals surface area contributed by atoms with Gasteiger partial charge in [0.1, 0.15) is 0 Å². The Balaban J connectivity index is -0.000000267. The molecule has 0 fully saturated rings. The van der Waals surface area contributed by atoms with Crippen LogP contribution in [0.3, 0.4) is 0 Å². The maximum Gasteiger partial charge on any atom is 0.307 e. The zero-order valence-corrected chi connectivity index (χ0v) is 9.52. The quantitative estimate of drug-likeness (QED) is 0.630. The molecule has 5 nitrogen and oxygen atoms in total. The zero-order chi connectivity index (χ0) is 10.9. The van der Waals surface area contributed by atoms with Crippen molar-refractivity contribution in [1.82, 2.24) is 4.90 Å². The fourth-order valence-corrected chi connectivity index (χ4v) is 0.823. The van der Waals surface area contributed by atoms with E-state index >= 15 is 0 Å². The Morgan fingerprint density at radius 2 is 1.86 bits per heavy atom. The second-order valence-corrected chi connectivity index (χ2v) is 2.83. The van der Waals surface area contributed by atoms with Crippen LogP contribution < -0.4 is 0 Å². The van der Waals surface area contributed by atoms with Gasteiger partial charge in [-0.15, -0.1) is 12.4 Å². The summed E-state index contributed by atoms with van der Waals surface area (Å²) < 4.78 is 0. The molecule has 3 N–H and O–H groups in total. The SMILES string of the molecule is CCC(CN(C)C)C(=O)O.Cl.N=C=N. The number of carboxylic acid groups (broad SMARTS) is 1. The number of nitrogens with zero attached hydrogens (tertiary/aromatic N) is 1. The first-order valence-corrected chi connectivity index (χ1v) is 3.95. The monoisotopic (exact) mass is 223 g/mol. The predicted molar refractivity (Wildman–Crippen MR) is 57.7 cm³/mol. The number of hydrogen-bond donors (Lipinski definition) is 3. The lowest BCUT2D eigenvalue weighted by molar-refractivity contribution is -0.142. The molecule has 0 rings (SSSR count). The number of rotatable bonds is 4. The minimum Gasteiger partial charge on any atom is -0.481 e. The molecule has 0 bridgehead atoms. The van der Waals surface area contributed by atoms with Gasteiger partial charge in [0.2, 0.25) is 0 Å². The summed E-state index contributed by atoms with van der Waals surface area (Å²) in [5.41, 5.74) is 0. The van der Waals surface area contributed by atoms with E-state index < -0.39 is 5.97 Å². The van der Waals surface area contributed by atoms with Crippen molar-refractivity contribution >= 4 is 24.4 Å². The highest BCUT2D eigenvalue weighted by atomic mass is 35.5. The lowest BCUT2D eigenvalue weighted by atomic mass is 10.1. The van der Waals surface area contributed by atoms with Gasteiger partial charge >= 0.3 is 5.97 Å². The molecule has 6 heteroatoms. The Morgan fingerprint density at radius 3 is 1.93 bits per heavy atom. The Kier molecular flexibility index (Phi) is 16.3. The van der Waals surface area contributed by atoms with E-state index in [0.717, 1.165) is 0 Å². The van der Waals surface area contributed by atoms with Gasteiger partial charge in [-0.1, -0.05) is 6.92 Å². The van der Waals surface area contributed by atoms with Gasteiger partial charge in [0, 0.05) is 6.54 Å². The summed E-state index contributed by atoms with van der Waals surface area (Å²) in [4.78, 5) is 12.3. The van der Waals surface area contributed by atoms with Crippen LogP contribution in [0.25, 0.3) is 0 Å². The first-order chi connectivity index (χ1) is 5.99. The molecule has 0 aliphatic carbocycles. The lowest BCUT2D eigenvalue weighted by Crippen LogP contribution is -2.26. The maximum atomic E-state index is 10.4. The molecule has 0 aliphatic heterocycles. The van der Waals surface area contributed by atoms with Crippen LogP contribution in [-0.4, -0.2) is 42.6 Å². The molecule has 0 heterocycles. The third-order valence-corrected chi connectivity index (χ3v) is 1.43. The van der Waals surface area contributed by atoms with Crippen molar-refractivity contribution in [3.63, 3.8) is 0 Å². The van der Waals surface area contributed by atoms with E-state index in [1.54, 1.807) is 0 Å². The average Bonchev–Trinajstić information content (AvgIpc) is 2.00.